The molecule has 0 aromatic carbocycles. The van der Waals surface area contributed by atoms with Crippen LogP contribution in [0.2, 0.25) is 24.8 Å². The second kappa shape index (κ2) is 5.03. The number of hydrogen-bond donors (Lipinski definition) is 0. The number of pyridine rings is 1. The van der Waals surface area contributed by atoms with Crippen molar-refractivity contribution in [1.82, 2.24) is 4.98 Å². The predicted octanol–water partition coefficient (Wildman–Crippen LogP) is 4.09. The molecule has 0 aliphatic rings. The van der Waals surface area contributed by atoms with Crippen LogP contribution in [0.1, 0.15) is 31.0 Å². The highest BCUT2D eigenvalue weighted by atomic mass is 35.5. The average molecular weight is 252 g/mol. The van der Waals surface area contributed by atoms with E-state index in [2.05, 4.69) is 49.9 Å². The minimum absolute atomic E-state index is 0.400. The van der Waals surface area contributed by atoms with Crippen molar-refractivity contribution in [1.29, 1.82) is 0 Å². The van der Waals surface area contributed by atoms with Crippen molar-refractivity contribution < 1.29 is 0 Å². The summed E-state index contributed by atoms with van der Waals surface area (Å²) in [7, 11) is -1.35. The molecule has 0 spiro atoms. The van der Waals surface area contributed by atoms with Crippen molar-refractivity contribution in [2.75, 3.05) is 0 Å². The maximum Gasteiger partial charge on any atom is 0.144 e. The van der Waals surface area contributed by atoms with E-state index in [0.29, 0.717) is 11.1 Å². The number of aromatic nitrogens is 1. The molecule has 0 bridgehead atoms. The second-order valence-electron chi connectivity index (χ2n) is 5.23. The lowest BCUT2D eigenvalue weighted by atomic mass is 10.1. The van der Waals surface area contributed by atoms with E-state index in [1.165, 1.54) is 0 Å². The Hall–Kier alpha value is -0.783. The third-order valence-corrected chi connectivity index (χ3v) is 3.20. The van der Waals surface area contributed by atoms with E-state index in [4.69, 9.17) is 11.6 Å². The Labute approximate surface area is 104 Å². The molecule has 1 heterocycles. The van der Waals surface area contributed by atoms with Crippen LogP contribution < -0.4 is 0 Å². The van der Waals surface area contributed by atoms with Crippen molar-refractivity contribution in [3.63, 3.8) is 0 Å². The summed E-state index contributed by atoms with van der Waals surface area (Å²) in [5.74, 6) is 3.54. The summed E-state index contributed by atoms with van der Waals surface area (Å²) in [5.41, 5.74) is 5.15. The van der Waals surface area contributed by atoms with Gasteiger partial charge in [-0.25, -0.2) is 4.98 Å². The van der Waals surface area contributed by atoms with Crippen LogP contribution in [0.4, 0.5) is 0 Å². The van der Waals surface area contributed by atoms with Crippen molar-refractivity contribution >= 4 is 19.7 Å². The van der Waals surface area contributed by atoms with Crippen molar-refractivity contribution in [3.05, 3.63) is 28.5 Å². The zero-order chi connectivity index (χ0) is 12.3. The zero-order valence-electron chi connectivity index (χ0n) is 10.6. The summed E-state index contributed by atoms with van der Waals surface area (Å²) in [6, 6.07) is 3.97. The molecule has 1 nitrogen and oxygen atoms in total. The highest BCUT2D eigenvalue weighted by Crippen LogP contribution is 2.18. The molecule has 0 saturated heterocycles. The van der Waals surface area contributed by atoms with Gasteiger partial charge in [-0.15, -0.1) is 5.54 Å². The van der Waals surface area contributed by atoms with E-state index in [-0.39, 0.29) is 0 Å². The standard InChI is InChI=1S/C13H18ClNSi/c1-10(2)12-7-6-11(13(14)15-12)8-9-16(3,4)5/h6-7,10H,1-5H3. The lowest BCUT2D eigenvalue weighted by molar-refractivity contribution is 0.822. The summed E-state index contributed by atoms with van der Waals surface area (Å²) in [4.78, 5) is 4.35. The van der Waals surface area contributed by atoms with Crippen molar-refractivity contribution in [3.8, 4) is 11.5 Å². The highest BCUT2D eigenvalue weighted by molar-refractivity contribution is 6.83. The maximum absolute atomic E-state index is 6.10. The number of hydrogen-bond acceptors (Lipinski definition) is 1. The van der Waals surface area contributed by atoms with E-state index in [1.807, 2.05) is 12.1 Å². The smallest absolute Gasteiger partial charge is 0.144 e. The molecule has 0 saturated carbocycles. The van der Waals surface area contributed by atoms with Gasteiger partial charge in [-0.1, -0.05) is 51.0 Å². The summed E-state index contributed by atoms with van der Waals surface area (Å²) in [5, 5.41) is 0.525. The molecule has 0 aliphatic carbocycles. The van der Waals surface area contributed by atoms with Gasteiger partial charge in [0.2, 0.25) is 0 Å². The monoisotopic (exact) mass is 251 g/mol. The van der Waals surface area contributed by atoms with E-state index >= 15 is 0 Å². The van der Waals surface area contributed by atoms with Gasteiger partial charge in [-0.05, 0) is 18.1 Å². The number of rotatable bonds is 1. The SMILES string of the molecule is CC(C)c1ccc(C#C[Si](C)(C)C)c(Cl)n1. The molecule has 0 atom stereocenters. The second-order valence-corrected chi connectivity index (χ2v) is 10.3. The van der Waals surface area contributed by atoms with Crippen LogP contribution in [-0.4, -0.2) is 13.1 Å². The molecular weight excluding hydrogens is 234 g/mol. The molecule has 0 unspecified atom stereocenters. The van der Waals surface area contributed by atoms with E-state index in [9.17, 15) is 0 Å². The molecule has 0 fully saturated rings. The summed E-state index contributed by atoms with van der Waals surface area (Å²) in [6.45, 7) is 10.8. The summed E-state index contributed by atoms with van der Waals surface area (Å²) in [6.07, 6.45) is 0. The largest absolute Gasteiger partial charge is 0.240 e. The molecule has 3 heteroatoms. The lowest BCUT2D eigenvalue weighted by Gasteiger charge is -2.06. The average Bonchev–Trinajstić information content (AvgIpc) is 2.14. The maximum atomic E-state index is 6.10. The van der Waals surface area contributed by atoms with Gasteiger partial charge in [0.1, 0.15) is 13.2 Å². The first kappa shape index (κ1) is 13.3. The molecule has 86 valence electrons. The lowest BCUT2D eigenvalue weighted by Crippen LogP contribution is -2.16. The van der Waals surface area contributed by atoms with Crippen LogP contribution in [0.5, 0.6) is 0 Å². The molecule has 1 rings (SSSR count). The van der Waals surface area contributed by atoms with Gasteiger partial charge < -0.3 is 0 Å². The van der Waals surface area contributed by atoms with E-state index < -0.39 is 8.07 Å². The van der Waals surface area contributed by atoms with Crippen LogP contribution in [-0.2, 0) is 0 Å². The predicted molar refractivity (Wildman–Crippen MR) is 73.6 cm³/mol. The Balaban J connectivity index is 3.04. The van der Waals surface area contributed by atoms with Crippen molar-refractivity contribution in [2.45, 2.75) is 39.4 Å². The third-order valence-electron chi connectivity index (χ3n) is 2.03. The zero-order valence-corrected chi connectivity index (χ0v) is 12.3. The quantitative estimate of drug-likeness (QED) is 0.416. The fraction of sp³-hybridized carbons (Fsp3) is 0.462. The summed E-state index contributed by atoms with van der Waals surface area (Å²) < 4.78 is 0. The van der Waals surface area contributed by atoms with Crippen molar-refractivity contribution in [2.24, 2.45) is 0 Å². The fourth-order valence-electron chi connectivity index (χ4n) is 1.12. The molecule has 0 aliphatic heterocycles. The molecule has 1 aromatic heterocycles. The van der Waals surface area contributed by atoms with Gasteiger partial charge in [0.05, 0.1) is 5.56 Å². The Bertz CT molecular complexity index is 435. The van der Waals surface area contributed by atoms with Crippen LogP contribution in [0.15, 0.2) is 12.1 Å². The molecule has 16 heavy (non-hydrogen) atoms. The van der Waals surface area contributed by atoms with Gasteiger partial charge in [-0.3, -0.25) is 0 Å². The van der Waals surface area contributed by atoms with Crippen LogP contribution in [0.25, 0.3) is 0 Å². The Morgan fingerprint density at radius 2 is 1.88 bits per heavy atom. The number of halogens is 1. The first-order valence-corrected chi connectivity index (χ1v) is 9.37. The van der Waals surface area contributed by atoms with E-state index in [1.54, 1.807) is 0 Å². The minimum atomic E-state index is -1.35. The Morgan fingerprint density at radius 1 is 1.25 bits per heavy atom. The molecule has 1 aromatic rings. The fourth-order valence-corrected chi connectivity index (χ4v) is 1.84. The minimum Gasteiger partial charge on any atom is -0.240 e. The summed E-state index contributed by atoms with van der Waals surface area (Å²) >= 11 is 6.10. The first-order valence-electron chi connectivity index (χ1n) is 5.49. The van der Waals surface area contributed by atoms with Crippen LogP contribution in [0.3, 0.4) is 0 Å². The Kier molecular flexibility index (Phi) is 4.18. The molecule has 0 radical (unpaired) electrons. The van der Waals surface area contributed by atoms with Crippen LogP contribution in [0, 0.1) is 11.5 Å². The molecule has 0 N–H and O–H groups in total. The highest BCUT2D eigenvalue weighted by Gasteiger charge is 2.09. The first-order chi connectivity index (χ1) is 7.29. The van der Waals surface area contributed by atoms with E-state index in [0.717, 1.165) is 11.3 Å². The third kappa shape index (κ3) is 4.00. The van der Waals surface area contributed by atoms with Crippen LogP contribution >= 0.6 is 11.6 Å². The van der Waals surface area contributed by atoms with Gasteiger partial charge in [0, 0.05) is 5.69 Å². The topological polar surface area (TPSA) is 12.9 Å². The molecular formula is C13H18ClNSi. The Morgan fingerprint density at radius 3 is 2.31 bits per heavy atom. The van der Waals surface area contributed by atoms with Gasteiger partial charge >= 0.3 is 0 Å². The number of nitrogens with zero attached hydrogens (tertiary/aromatic N) is 1. The van der Waals surface area contributed by atoms with Gasteiger partial charge in [-0.2, -0.15) is 0 Å². The van der Waals surface area contributed by atoms with Gasteiger partial charge in [0.15, 0.2) is 0 Å². The molecule has 0 amide bonds. The normalized spacial score (nSPS) is 11.2. The van der Waals surface area contributed by atoms with Gasteiger partial charge in [0.25, 0.3) is 0 Å².